The molecule has 0 aliphatic carbocycles. The standard InChI is InChI=1S/C13H21N5/c1-10-7-12(14)16-13(15-10)9-17-5-6-18-4-2-3-11(18)8-17/h7,11H,2-6,8-9H2,1H3,(H2,14,15,16). The summed E-state index contributed by atoms with van der Waals surface area (Å²) in [5, 5.41) is 0. The van der Waals surface area contributed by atoms with Gasteiger partial charge in [-0.05, 0) is 26.3 Å². The number of nitrogens with zero attached hydrogens (tertiary/aromatic N) is 4. The van der Waals surface area contributed by atoms with Crippen LogP contribution in [0.15, 0.2) is 6.07 Å². The van der Waals surface area contributed by atoms with E-state index in [-0.39, 0.29) is 0 Å². The highest BCUT2D eigenvalue weighted by atomic mass is 15.3. The van der Waals surface area contributed by atoms with Gasteiger partial charge in [0.2, 0.25) is 0 Å². The molecule has 2 N–H and O–H groups in total. The Bertz CT molecular complexity index is 413. The van der Waals surface area contributed by atoms with E-state index >= 15 is 0 Å². The highest BCUT2D eigenvalue weighted by Gasteiger charge is 2.30. The van der Waals surface area contributed by atoms with E-state index in [0.717, 1.165) is 37.2 Å². The van der Waals surface area contributed by atoms with Gasteiger partial charge in [-0.25, -0.2) is 9.97 Å². The molecule has 98 valence electrons. The molecular formula is C13H21N5. The van der Waals surface area contributed by atoms with Gasteiger partial charge in [0.1, 0.15) is 11.6 Å². The van der Waals surface area contributed by atoms with E-state index in [1.54, 1.807) is 0 Å². The van der Waals surface area contributed by atoms with Crippen molar-refractivity contribution in [1.82, 2.24) is 19.8 Å². The van der Waals surface area contributed by atoms with Crippen molar-refractivity contribution >= 4 is 5.82 Å². The monoisotopic (exact) mass is 247 g/mol. The molecule has 1 aromatic rings. The molecule has 3 heterocycles. The van der Waals surface area contributed by atoms with Gasteiger partial charge in [-0.1, -0.05) is 0 Å². The van der Waals surface area contributed by atoms with Crippen molar-refractivity contribution in [2.45, 2.75) is 32.4 Å². The maximum absolute atomic E-state index is 5.77. The van der Waals surface area contributed by atoms with Crippen molar-refractivity contribution in [3.8, 4) is 0 Å². The van der Waals surface area contributed by atoms with E-state index in [1.807, 2.05) is 13.0 Å². The lowest BCUT2D eigenvalue weighted by atomic mass is 10.1. The van der Waals surface area contributed by atoms with E-state index in [1.165, 1.54) is 25.9 Å². The maximum Gasteiger partial charge on any atom is 0.144 e. The van der Waals surface area contributed by atoms with E-state index in [4.69, 9.17) is 5.73 Å². The van der Waals surface area contributed by atoms with Crippen LogP contribution in [0.1, 0.15) is 24.4 Å². The Kier molecular flexibility index (Phi) is 3.18. The minimum absolute atomic E-state index is 0.581. The Morgan fingerprint density at radius 3 is 3.06 bits per heavy atom. The van der Waals surface area contributed by atoms with E-state index < -0.39 is 0 Å². The number of nitrogen functional groups attached to an aromatic ring is 1. The fraction of sp³-hybridized carbons (Fsp3) is 0.692. The van der Waals surface area contributed by atoms with Crippen molar-refractivity contribution in [2.24, 2.45) is 0 Å². The van der Waals surface area contributed by atoms with Gasteiger partial charge >= 0.3 is 0 Å². The molecule has 2 fully saturated rings. The summed E-state index contributed by atoms with van der Waals surface area (Å²) in [4.78, 5) is 13.9. The second kappa shape index (κ2) is 4.82. The summed E-state index contributed by atoms with van der Waals surface area (Å²) in [5.41, 5.74) is 6.73. The number of nitrogens with two attached hydrogens (primary N) is 1. The molecule has 0 aromatic carbocycles. The zero-order valence-electron chi connectivity index (χ0n) is 11.0. The summed E-state index contributed by atoms with van der Waals surface area (Å²) in [6.45, 7) is 7.54. The molecular weight excluding hydrogens is 226 g/mol. The summed E-state index contributed by atoms with van der Waals surface area (Å²) in [6.07, 6.45) is 2.69. The first-order valence-electron chi connectivity index (χ1n) is 6.77. The average molecular weight is 247 g/mol. The Labute approximate surface area is 108 Å². The van der Waals surface area contributed by atoms with E-state index in [9.17, 15) is 0 Å². The largest absolute Gasteiger partial charge is 0.384 e. The van der Waals surface area contributed by atoms with Crippen molar-refractivity contribution in [2.75, 3.05) is 31.9 Å². The van der Waals surface area contributed by atoms with Gasteiger partial charge in [0.25, 0.3) is 0 Å². The molecule has 1 atom stereocenters. The normalized spacial score (nSPS) is 25.3. The predicted octanol–water partition coefficient (Wildman–Crippen LogP) is 0.647. The van der Waals surface area contributed by atoms with Crippen LogP contribution in [0.4, 0.5) is 5.82 Å². The Morgan fingerprint density at radius 1 is 1.33 bits per heavy atom. The van der Waals surface area contributed by atoms with E-state index in [2.05, 4.69) is 19.8 Å². The molecule has 18 heavy (non-hydrogen) atoms. The average Bonchev–Trinajstić information content (AvgIpc) is 2.74. The lowest BCUT2D eigenvalue weighted by Crippen LogP contribution is -2.49. The van der Waals surface area contributed by atoms with Crippen LogP contribution in [0.25, 0.3) is 0 Å². The van der Waals surface area contributed by atoms with Crippen LogP contribution in [0.3, 0.4) is 0 Å². The second-order valence-electron chi connectivity index (χ2n) is 5.42. The summed E-state index contributed by atoms with van der Waals surface area (Å²) in [7, 11) is 0. The smallest absolute Gasteiger partial charge is 0.144 e. The Hall–Kier alpha value is -1.20. The number of anilines is 1. The van der Waals surface area contributed by atoms with E-state index in [0.29, 0.717) is 5.82 Å². The third-order valence-electron chi connectivity index (χ3n) is 3.96. The molecule has 0 amide bonds. The first kappa shape index (κ1) is 11.9. The summed E-state index contributed by atoms with van der Waals surface area (Å²) >= 11 is 0. The van der Waals surface area contributed by atoms with Crippen LogP contribution in [0.5, 0.6) is 0 Å². The maximum atomic E-state index is 5.77. The van der Waals surface area contributed by atoms with Crippen molar-refractivity contribution < 1.29 is 0 Å². The van der Waals surface area contributed by atoms with Crippen LogP contribution < -0.4 is 5.73 Å². The van der Waals surface area contributed by atoms with Crippen molar-refractivity contribution in [3.63, 3.8) is 0 Å². The molecule has 0 radical (unpaired) electrons. The first-order chi connectivity index (χ1) is 8.70. The lowest BCUT2D eigenvalue weighted by Gasteiger charge is -2.37. The minimum Gasteiger partial charge on any atom is -0.384 e. The third-order valence-corrected chi connectivity index (χ3v) is 3.96. The van der Waals surface area contributed by atoms with Gasteiger partial charge in [-0.15, -0.1) is 0 Å². The highest BCUT2D eigenvalue weighted by molar-refractivity contribution is 5.29. The van der Waals surface area contributed by atoms with Gasteiger partial charge in [-0.3, -0.25) is 9.80 Å². The number of aromatic nitrogens is 2. The number of fused-ring (bicyclic) bond motifs is 1. The van der Waals surface area contributed by atoms with Crippen molar-refractivity contribution in [3.05, 3.63) is 17.6 Å². The number of hydrogen-bond acceptors (Lipinski definition) is 5. The summed E-state index contributed by atoms with van der Waals surface area (Å²) in [5.74, 6) is 1.44. The van der Waals surface area contributed by atoms with Crippen LogP contribution in [-0.4, -0.2) is 52.0 Å². The summed E-state index contributed by atoms with van der Waals surface area (Å²) in [6, 6.07) is 2.57. The highest BCUT2D eigenvalue weighted by Crippen LogP contribution is 2.22. The third kappa shape index (κ3) is 2.47. The van der Waals surface area contributed by atoms with Gasteiger partial charge in [-0.2, -0.15) is 0 Å². The van der Waals surface area contributed by atoms with Gasteiger partial charge < -0.3 is 5.73 Å². The van der Waals surface area contributed by atoms with Crippen LogP contribution in [-0.2, 0) is 6.54 Å². The fourth-order valence-corrected chi connectivity index (χ4v) is 3.13. The Balaban J connectivity index is 1.65. The predicted molar refractivity (Wildman–Crippen MR) is 71.1 cm³/mol. The molecule has 0 bridgehead atoms. The molecule has 1 aromatic heterocycles. The number of aryl methyl sites for hydroxylation is 1. The zero-order valence-corrected chi connectivity index (χ0v) is 11.0. The van der Waals surface area contributed by atoms with Crippen LogP contribution in [0.2, 0.25) is 0 Å². The number of rotatable bonds is 2. The molecule has 0 saturated carbocycles. The lowest BCUT2D eigenvalue weighted by molar-refractivity contribution is 0.0974. The first-order valence-corrected chi connectivity index (χ1v) is 6.77. The molecule has 5 nitrogen and oxygen atoms in total. The molecule has 0 spiro atoms. The Morgan fingerprint density at radius 2 is 2.22 bits per heavy atom. The molecule has 5 heteroatoms. The SMILES string of the molecule is Cc1cc(N)nc(CN2CCN3CCCC3C2)n1. The molecule has 1 unspecified atom stereocenters. The number of piperazine rings is 1. The van der Waals surface area contributed by atoms with Crippen LogP contribution >= 0.6 is 0 Å². The summed E-state index contributed by atoms with van der Waals surface area (Å²) < 4.78 is 0. The van der Waals surface area contributed by atoms with Gasteiger partial charge in [0.05, 0.1) is 6.54 Å². The van der Waals surface area contributed by atoms with Gasteiger partial charge in [0, 0.05) is 37.4 Å². The molecule has 2 aliphatic heterocycles. The minimum atomic E-state index is 0.581. The molecule has 3 rings (SSSR count). The molecule has 2 aliphatic rings. The molecule has 2 saturated heterocycles. The van der Waals surface area contributed by atoms with Gasteiger partial charge in [0.15, 0.2) is 0 Å². The van der Waals surface area contributed by atoms with Crippen molar-refractivity contribution in [1.29, 1.82) is 0 Å². The zero-order chi connectivity index (χ0) is 12.5. The fourth-order valence-electron chi connectivity index (χ4n) is 3.13. The quantitative estimate of drug-likeness (QED) is 0.831. The second-order valence-corrected chi connectivity index (χ2v) is 5.42. The van der Waals surface area contributed by atoms with Crippen LogP contribution in [0, 0.1) is 6.92 Å². The number of hydrogen-bond donors (Lipinski definition) is 1. The topological polar surface area (TPSA) is 58.3 Å².